The lowest BCUT2D eigenvalue weighted by atomic mass is 9.98. The second-order valence-corrected chi connectivity index (χ2v) is 6.95. The van der Waals surface area contributed by atoms with Crippen LogP contribution < -0.4 is 0 Å². The first-order valence-corrected chi connectivity index (χ1v) is 8.50. The zero-order chi connectivity index (χ0) is 18.4. The van der Waals surface area contributed by atoms with Crippen LogP contribution in [0.5, 0.6) is 0 Å². The number of imidazole rings is 1. The number of benzene rings is 1. The highest BCUT2D eigenvalue weighted by molar-refractivity contribution is 5.94. The minimum Gasteiger partial charge on any atom is -0.395 e. The van der Waals surface area contributed by atoms with Crippen molar-refractivity contribution in [2.24, 2.45) is 0 Å². The topological polar surface area (TPSA) is 89.4 Å². The Kier molecular flexibility index (Phi) is 6.33. The smallest absolute Gasteiger partial charge is 0.254 e. The van der Waals surface area contributed by atoms with Crippen LogP contribution in [-0.2, 0) is 13.0 Å². The highest BCUT2D eigenvalue weighted by Gasteiger charge is 2.17. The molecule has 2 rings (SSSR count). The second kappa shape index (κ2) is 8.27. The van der Waals surface area contributed by atoms with Gasteiger partial charge in [0.15, 0.2) is 0 Å². The molecule has 1 heterocycles. The quantitative estimate of drug-likeness (QED) is 0.683. The molecule has 0 atom stereocenters. The van der Waals surface area contributed by atoms with Gasteiger partial charge in [0, 0.05) is 12.1 Å². The van der Waals surface area contributed by atoms with Gasteiger partial charge in [-0.2, -0.15) is 0 Å². The molecule has 136 valence electrons. The molecule has 0 radical (unpaired) electrons. The number of hydrogen-bond acceptors (Lipinski definition) is 4. The number of carbonyl (C=O) groups is 1. The fourth-order valence-corrected chi connectivity index (χ4v) is 2.58. The maximum absolute atomic E-state index is 12.7. The third kappa shape index (κ3) is 5.99. The summed E-state index contributed by atoms with van der Waals surface area (Å²) in [4.78, 5) is 21.5. The van der Waals surface area contributed by atoms with E-state index in [2.05, 4.69) is 9.97 Å². The van der Waals surface area contributed by atoms with Crippen molar-refractivity contribution in [2.45, 2.75) is 45.8 Å². The van der Waals surface area contributed by atoms with Crippen LogP contribution in [0, 0.1) is 6.92 Å². The summed E-state index contributed by atoms with van der Waals surface area (Å²) >= 11 is 0. The molecular formula is C19H27N3O3. The van der Waals surface area contributed by atoms with Crippen molar-refractivity contribution in [3.8, 4) is 0 Å². The summed E-state index contributed by atoms with van der Waals surface area (Å²) in [7, 11) is 0. The molecule has 1 amide bonds. The first-order chi connectivity index (χ1) is 11.8. The van der Waals surface area contributed by atoms with E-state index < -0.39 is 5.60 Å². The van der Waals surface area contributed by atoms with Crippen LogP contribution in [0.3, 0.4) is 0 Å². The molecule has 6 nitrogen and oxygen atoms in total. The first-order valence-electron chi connectivity index (χ1n) is 8.50. The lowest BCUT2D eigenvalue weighted by Gasteiger charge is -2.21. The van der Waals surface area contributed by atoms with Gasteiger partial charge in [-0.3, -0.25) is 4.79 Å². The van der Waals surface area contributed by atoms with Gasteiger partial charge in [0.2, 0.25) is 0 Å². The molecule has 0 aliphatic heterocycles. The number of aliphatic hydroxyl groups excluding tert-OH is 1. The van der Waals surface area contributed by atoms with Crippen LogP contribution >= 0.6 is 0 Å². The first kappa shape index (κ1) is 19.1. The highest BCUT2D eigenvalue weighted by atomic mass is 16.3. The Morgan fingerprint density at radius 1 is 1.28 bits per heavy atom. The van der Waals surface area contributed by atoms with E-state index in [9.17, 15) is 15.0 Å². The van der Waals surface area contributed by atoms with Crippen LogP contribution in [0.15, 0.2) is 30.5 Å². The Morgan fingerprint density at radius 3 is 2.48 bits per heavy atom. The lowest BCUT2D eigenvalue weighted by molar-refractivity contribution is 0.0700. The molecule has 0 aliphatic carbocycles. The number of hydrogen-bond donors (Lipinski definition) is 3. The van der Waals surface area contributed by atoms with Crippen LogP contribution in [0.25, 0.3) is 0 Å². The van der Waals surface area contributed by atoms with E-state index in [0.29, 0.717) is 18.5 Å². The van der Waals surface area contributed by atoms with Gasteiger partial charge in [-0.1, -0.05) is 12.1 Å². The van der Waals surface area contributed by atoms with Gasteiger partial charge in [0.05, 0.1) is 30.6 Å². The molecule has 2 aromatic rings. The second-order valence-electron chi connectivity index (χ2n) is 6.95. The predicted molar refractivity (Wildman–Crippen MR) is 96.2 cm³/mol. The van der Waals surface area contributed by atoms with E-state index in [1.165, 1.54) is 0 Å². The Morgan fingerprint density at radius 2 is 1.96 bits per heavy atom. The number of rotatable bonds is 8. The lowest BCUT2D eigenvalue weighted by Crippen LogP contribution is -2.33. The van der Waals surface area contributed by atoms with Gasteiger partial charge < -0.3 is 20.1 Å². The van der Waals surface area contributed by atoms with Gasteiger partial charge in [0.1, 0.15) is 5.82 Å². The van der Waals surface area contributed by atoms with Gasteiger partial charge in [-0.25, -0.2) is 4.98 Å². The molecule has 0 saturated heterocycles. The molecule has 6 heteroatoms. The van der Waals surface area contributed by atoms with E-state index >= 15 is 0 Å². The van der Waals surface area contributed by atoms with E-state index in [1.807, 2.05) is 19.1 Å². The van der Waals surface area contributed by atoms with Gasteiger partial charge in [-0.05, 0) is 51.3 Å². The van der Waals surface area contributed by atoms with Crippen LogP contribution in [-0.4, -0.2) is 49.7 Å². The molecule has 1 aromatic heterocycles. The Hall–Kier alpha value is -2.18. The van der Waals surface area contributed by atoms with Crippen molar-refractivity contribution >= 4 is 5.91 Å². The van der Waals surface area contributed by atoms with Crippen molar-refractivity contribution in [2.75, 3.05) is 13.2 Å². The SMILES string of the molecule is Cc1ncc(CN(CCO)C(=O)c2ccc(CCC(C)(C)O)cc2)[nH]1. The Balaban J connectivity index is 2.05. The largest absolute Gasteiger partial charge is 0.395 e. The molecule has 0 aliphatic rings. The summed E-state index contributed by atoms with van der Waals surface area (Å²) in [5.41, 5.74) is 1.80. The van der Waals surface area contributed by atoms with Crippen molar-refractivity contribution < 1.29 is 15.0 Å². The predicted octanol–water partition coefficient (Wildman–Crippen LogP) is 2.06. The maximum Gasteiger partial charge on any atom is 0.254 e. The van der Waals surface area contributed by atoms with E-state index in [4.69, 9.17) is 0 Å². The van der Waals surface area contributed by atoms with Gasteiger partial charge in [0.25, 0.3) is 5.91 Å². The van der Waals surface area contributed by atoms with E-state index in [-0.39, 0.29) is 19.1 Å². The number of aryl methyl sites for hydroxylation is 2. The number of H-pyrrole nitrogens is 1. The number of nitrogens with zero attached hydrogens (tertiary/aromatic N) is 2. The molecule has 1 aromatic carbocycles. The summed E-state index contributed by atoms with van der Waals surface area (Å²) < 4.78 is 0. The Bertz CT molecular complexity index is 687. The average Bonchev–Trinajstić information content (AvgIpc) is 2.97. The zero-order valence-electron chi connectivity index (χ0n) is 15.1. The van der Waals surface area contributed by atoms with Crippen LogP contribution in [0.1, 0.15) is 47.7 Å². The third-order valence-electron chi connectivity index (χ3n) is 4.00. The minimum atomic E-state index is -0.700. The summed E-state index contributed by atoms with van der Waals surface area (Å²) in [6, 6.07) is 7.42. The van der Waals surface area contributed by atoms with Crippen LogP contribution in [0.4, 0.5) is 0 Å². The zero-order valence-corrected chi connectivity index (χ0v) is 15.1. The third-order valence-corrected chi connectivity index (χ3v) is 4.00. The molecule has 25 heavy (non-hydrogen) atoms. The number of amides is 1. The van der Waals surface area contributed by atoms with E-state index in [1.54, 1.807) is 37.1 Å². The standard InChI is InChI=1S/C19H27N3O3/c1-14-20-12-17(21-14)13-22(10-11-23)18(24)16-6-4-15(5-7-16)8-9-19(2,3)25/h4-7,12,23,25H,8-11,13H2,1-3H3,(H,20,21). The summed E-state index contributed by atoms with van der Waals surface area (Å²) in [5, 5.41) is 19.1. The van der Waals surface area contributed by atoms with Crippen molar-refractivity contribution in [3.05, 3.63) is 53.1 Å². The molecule has 3 N–H and O–H groups in total. The highest BCUT2D eigenvalue weighted by Crippen LogP contribution is 2.15. The molecule has 0 saturated carbocycles. The van der Waals surface area contributed by atoms with Gasteiger partial charge in [-0.15, -0.1) is 0 Å². The number of aromatic amines is 1. The summed E-state index contributed by atoms with van der Waals surface area (Å²) in [5.74, 6) is 0.665. The van der Waals surface area contributed by atoms with Crippen molar-refractivity contribution in [1.29, 1.82) is 0 Å². The molecule has 0 unspecified atom stereocenters. The average molecular weight is 345 g/mol. The fourth-order valence-electron chi connectivity index (χ4n) is 2.58. The molecule has 0 spiro atoms. The molecular weight excluding hydrogens is 318 g/mol. The monoisotopic (exact) mass is 345 g/mol. The van der Waals surface area contributed by atoms with Crippen molar-refractivity contribution in [1.82, 2.24) is 14.9 Å². The number of aliphatic hydroxyl groups is 2. The van der Waals surface area contributed by atoms with Crippen LogP contribution in [0.2, 0.25) is 0 Å². The van der Waals surface area contributed by atoms with E-state index in [0.717, 1.165) is 23.5 Å². The Labute approximate surface area is 148 Å². The maximum atomic E-state index is 12.7. The summed E-state index contributed by atoms with van der Waals surface area (Å²) in [6.45, 7) is 5.97. The van der Waals surface area contributed by atoms with Crippen molar-refractivity contribution in [3.63, 3.8) is 0 Å². The molecule has 0 bridgehead atoms. The number of carbonyl (C=O) groups excluding carboxylic acids is 1. The minimum absolute atomic E-state index is 0.0947. The van der Waals surface area contributed by atoms with Gasteiger partial charge >= 0.3 is 0 Å². The number of aromatic nitrogens is 2. The normalized spacial score (nSPS) is 11.6. The number of nitrogens with one attached hydrogen (secondary N) is 1. The summed E-state index contributed by atoms with van der Waals surface area (Å²) in [6.07, 6.45) is 3.12. The fraction of sp³-hybridized carbons (Fsp3) is 0.474. The molecule has 0 fully saturated rings.